The lowest BCUT2D eigenvalue weighted by molar-refractivity contribution is 0.987. The fourth-order valence-electron chi connectivity index (χ4n) is 1.82. The molecule has 0 aliphatic carbocycles. The molecule has 0 fully saturated rings. The zero-order valence-corrected chi connectivity index (χ0v) is 11.2. The van der Waals surface area contributed by atoms with Crippen LogP contribution in [0.4, 0.5) is 17.3 Å². The number of hydrogen-bond acceptors (Lipinski definition) is 4. The molecular weight excluding hydrogens is 224 g/mol. The van der Waals surface area contributed by atoms with E-state index in [1.54, 1.807) is 0 Å². The van der Waals surface area contributed by atoms with Gasteiger partial charge in [-0.25, -0.2) is 9.97 Å². The van der Waals surface area contributed by atoms with Crippen molar-refractivity contribution in [2.24, 2.45) is 0 Å². The fourth-order valence-corrected chi connectivity index (χ4v) is 1.82. The van der Waals surface area contributed by atoms with E-state index in [-0.39, 0.29) is 0 Å². The average Bonchev–Trinajstić information content (AvgIpc) is 2.37. The summed E-state index contributed by atoms with van der Waals surface area (Å²) in [6, 6.07) is 10.1. The van der Waals surface area contributed by atoms with Crippen LogP contribution in [0.25, 0.3) is 0 Å². The van der Waals surface area contributed by atoms with E-state index in [2.05, 4.69) is 15.3 Å². The Bertz CT molecular complexity index is 514. The SMILES string of the molecule is CNc1ccc(N(C)c2nc(C)cc(C)n2)cc1. The largest absolute Gasteiger partial charge is 0.388 e. The van der Waals surface area contributed by atoms with Crippen LogP contribution >= 0.6 is 0 Å². The summed E-state index contributed by atoms with van der Waals surface area (Å²) in [5, 5.41) is 3.10. The number of nitrogens with zero attached hydrogens (tertiary/aromatic N) is 3. The molecule has 1 heterocycles. The standard InChI is InChI=1S/C14H18N4/c1-10-9-11(2)17-14(16-10)18(4)13-7-5-12(15-3)6-8-13/h5-9,15H,1-4H3. The average molecular weight is 242 g/mol. The predicted octanol–water partition coefficient (Wildman–Crippen LogP) is 2.90. The first-order valence-corrected chi connectivity index (χ1v) is 5.94. The van der Waals surface area contributed by atoms with Crippen molar-refractivity contribution in [1.29, 1.82) is 0 Å². The van der Waals surface area contributed by atoms with Gasteiger partial charge in [0.25, 0.3) is 0 Å². The van der Waals surface area contributed by atoms with Crippen LogP contribution in [0, 0.1) is 13.8 Å². The highest BCUT2D eigenvalue weighted by atomic mass is 15.2. The van der Waals surface area contributed by atoms with Gasteiger partial charge in [0.15, 0.2) is 0 Å². The maximum atomic E-state index is 4.45. The molecule has 18 heavy (non-hydrogen) atoms. The molecule has 4 heteroatoms. The summed E-state index contributed by atoms with van der Waals surface area (Å²) in [7, 11) is 3.88. The molecule has 2 rings (SSSR count). The van der Waals surface area contributed by atoms with E-state index < -0.39 is 0 Å². The van der Waals surface area contributed by atoms with Crippen LogP contribution in [0.1, 0.15) is 11.4 Å². The summed E-state index contributed by atoms with van der Waals surface area (Å²) in [6.07, 6.45) is 0. The van der Waals surface area contributed by atoms with Crippen molar-refractivity contribution in [1.82, 2.24) is 9.97 Å². The molecule has 0 atom stereocenters. The predicted molar refractivity (Wildman–Crippen MR) is 75.6 cm³/mol. The highest BCUT2D eigenvalue weighted by Gasteiger charge is 2.07. The Balaban J connectivity index is 2.31. The smallest absolute Gasteiger partial charge is 0.230 e. The van der Waals surface area contributed by atoms with Crippen LogP contribution < -0.4 is 10.2 Å². The number of benzene rings is 1. The van der Waals surface area contributed by atoms with Gasteiger partial charge < -0.3 is 10.2 Å². The topological polar surface area (TPSA) is 41.0 Å². The Morgan fingerprint density at radius 2 is 1.56 bits per heavy atom. The van der Waals surface area contributed by atoms with E-state index in [1.807, 2.05) is 63.2 Å². The fraction of sp³-hybridized carbons (Fsp3) is 0.286. The lowest BCUT2D eigenvalue weighted by Gasteiger charge is -2.18. The lowest BCUT2D eigenvalue weighted by Crippen LogP contribution is -2.14. The molecule has 1 aromatic heterocycles. The number of aryl methyl sites for hydroxylation is 2. The molecular formula is C14H18N4. The Hall–Kier alpha value is -2.10. The zero-order valence-electron chi connectivity index (χ0n) is 11.2. The highest BCUT2D eigenvalue weighted by molar-refractivity contribution is 5.60. The molecule has 0 aliphatic heterocycles. The van der Waals surface area contributed by atoms with Crippen LogP contribution in [-0.2, 0) is 0 Å². The second-order valence-electron chi connectivity index (χ2n) is 4.31. The number of anilines is 3. The van der Waals surface area contributed by atoms with Crippen molar-refractivity contribution >= 4 is 17.3 Å². The van der Waals surface area contributed by atoms with Crippen molar-refractivity contribution < 1.29 is 0 Å². The molecule has 0 saturated heterocycles. The van der Waals surface area contributed by atoms with Crippen molar-refractivity contribution in [2.45, 2.75) is 13.8 Å². The van der Waals surface area contributed by atoms with Crippen LogP contribution in [0.2, 0.25) is 0 Å². The molecule has 0 bridgehead atoms. The summed E-state index contributed by atoms with van der Waals surface area (Å²) >= 11 is 0. The summed E-state index contributed by atoms with van der Waals surface area (Å²) in [6.45, 7) is 3.96. The molecule has 1 aromatic carbocycles. The van der Waals surface area contributed by atoms with Crippen molar-refractivity contribution in [3.05, 3.63) is 41.7 Å². The molecule has 0 amide bonds. The maximum absolute atomic E-state index is 4.45. The molecule has 0 radical (unpaired) electrons. The van der Waals surface area contributed by atoms with Crippen LogP contribution in [0.5, 0.6) is 0 Å². The molecule has 0 saturated carbocycles. The monoisotopic (exact) mass is 242 g/mol. The Morgan fingerprint density at radius 1 is 1.00 bits per heavy atom. The van der Waals surface area contributed by atoms with Crippen molar-refractivity contribution in [3.63, 3.8) is 0 Å². The van der Waals surface area contributed by atoms with E-state index in [9.17, 15) is 0 Å². The molecule has 0 unspecified atom stereocenters. The third kappa shape index (κ3) is 2.59. The van der Waals surface area contributed by atoms with Gasteiger partial charge in [-0.3, -0.25) is 0 Å². The Morgan fingerprint density at radius 3 is 2.06 bits per heavy atom. The van der Waals surface area contributed by atoms with E-state index >= 15 is 0 Å². The van der Waals surface area contributed by atoms with Crippen LogP contribution in [0.3, 0.4) is 0 Å². The van der Waals surface area contributed by atoms with E-state index in [0.29, 0.717) is 0 Å². The minimum absolute atomic E-state index is 0.727. The minimum Gasteiger partial charge on any atom is -0.388 e. The van der Waals surface area contributed by atoms with Gasteiger partial charge in [-0.1, -0.05) is 0 Å². The number of aromatic nitrogens is 2. The Kier molecular flexibility index (Phi) is 3.46. The number of hydrogen-bond donors (Lipinski definition) is 1. The number of rotatable bonds is 3. The van der Waals surface area contributed by atoms with Gasteiger partial charge in [-0.15, -0.1) is 0 Å². The second-order valence-corrected chi connectivity index (χ2v) is 4.31. The quantitative estimate of drug-likeness (QED) is 0.898. The third-order valence-electron chi connectivity index (χ3n) is 2.81. The van der Waals surface area contributed by atoms with Crippen molar-refractivity contribution in [3.8, 4) is 0 Å². The molecule has 4 nitrogen and oxygen atoms in total. The molecule has 1 N–H and O–H groups in total. The van der Waals surface area contributed by atoms with Gasteiger partial charge in [0, 0.05) is 36.9 Å². The van der Waals surface area contributed by atoms with Crippen LogP contribution in [0.15, 0.2) is 30.3 Å². The summed E-state index contributed by atoms with van der Waals surface area (Å²) in [5.74, 6) is 0.727. The van der Waals surface area contributed by atoms with Gasteiger partial charge in [-0.2, -0.15) is 0 Å². The third-order valence-corrected chi connectivity index (χ3v) is 2.81. The highest BCUT2D eigenvalue weighted by Crippen LogP contribution is 2.22. The molecule has 0 aliphatic rings. The van der Waals surface area contributed by atoms with Crippen molar-refractivity contribution in [2.75, 3.05) is 24.3 Å². The summed E-state index contributed by atoms with van der Waals surface area (Å²) in [5.41, 5.74) is 4.12. The second kappa shape index (κ2) is 5.04. The molecule has 2 aromatic rings. The zero-order chi connectivity index (χ0) is 13.1. The lowest BCUT2D eigenvalue weighted by atomic mass is 10.2. The normalized spacial score (nSPS) is 10.2. The summed E-state index contributed by atoms with van der Waals surface area (Å²) in [4.78, 5) is 10.9. The first-order valence-electron chi connectivity index (χ1n) is 5.94. The number of nitrogens with one attached hydrogen (secondary N) is 1. The van der Waals surface area contributed by atoms with Gasteiger partial charge >= 0.3 is 0 Å². The first-order chi connectivity index (χ1) is 8.60. The van der Waals surface area contributed by atoms with Gasteiger partial charge in [0.05, 0.1) is 0 Å². The van der Waals surface area contributed by atoms with E-state index in [0.717, 1.165) is 28.7 Å². The van der Waals surface area contributed by atoms with Gasteiger partial charge in [-0.05, 0) is 44.2 Å². The minimum atomic E-state index is 0.727. The van der Waals surface area contributed by atoms with Crippen LogP contribution in [-0.4, -0.2) is 24.1 Å². The van der Waals surface area contributed by atoms with E-state index in [1.165, 1.54) is 0 Å². The first kappa shape index (κ1) is 12.4. The molecule has 94 valence electrons. The van der Waals surface area contributed by atoms with Gasteiger partial charge in [0.1, 0.15) is 0 Å². The van der Waals surface area contributed by atoms with Gasteiger partial charge in [0.2, 0.25) is 5.95 Å². The summed E-state index contributed by atoms with van der Waals surface area (Å²) < 4.78 is 0. The molecule has 0 spiro atoms. The maximum Gasteiger partial charge on any atom is 0.230 e. The van der Waals surface area contributed by atoms with E-state index in [4.69, 9.17) is 0 Å². The Labute approximate surface area is 108 Å².